The molecule has 3 N–H and O–H groups in total. The predicted octanol–water partition coefficient (Wildman–Crippen LogP) is 2.15. The highest BCUT2D eigenvalue weighted by Crippen LogP contribution is 2.23. The van der Waals surface area contributed by atoms with Crippen molar-refractivity contribution in [3.63, 3.8) is 0 Å². The van der Waals surface area contributed by atoms with E-state index in [1.54, 1.807) is 19.2 Å². The second-order valence-corrected chi connectivity index (χ2v) is 5.64. The minimum Gasteiger partial charge on any atom is -0.375 e. The molecule has 5 heteroatoms. The van der Waals surface area contributed by atoms with Crippen LogP contribution in [0.2, 0.25) is 0 Å². The van der Waals surface area contributed by atoms with Gasteiger partial charge in [0.1, 0.15) is 5.82 Å². The third-order valence-corrected chi connectivity index (χ3v) is 4.07. The van der Waals surface area contributed by atoms with E-state index in [9.17, 15) is 9.18 Å². The molecule has 0 spiro atoms. The number of carbonyl (C=O) groups excluding carboxylic acids is 1. The summed E-state index contributed by atoms with van der Waals surface area (Å²) in [4.78, 5) is 12.2. The van der Waals surface area contributed by atoms with Crippen molar-refractivity contribution in [1.29, 1.82) is 0 Å². The van der Waals surface area contributed by atoms with E-state index in [-0.39, 0.29) is 29.8 Å². The molecule has 1 aliphatic carbocycles. The monoisotopic (exact) mass is 294 g/mol. The van der Waals surface area contributed by atoms with Crippen LogP contribution >= 0.6 is 0 Å². The summed E-state index contributed by atoms with van der Waals surface area (Å²) in [6.45, 7) is 0.382. The number of amides is 1. The molecular weight excluding hydrogens is 271 g/mol. The summed E-state index contributed by atoms with van der Waals surface area (Å²) in [5.41, 5.74) is 6.76. The lowest BCUT2D eigenvalue weighted by Crippen LogP contribution is -2.39. The fourth-order valence-electron chi connectivity index (χ4n) is 2.82. The third-order valence-electron chi connectivity index (χ3n) is 4.07. The lowest BCUT2D eigenvalue weighted by Gasteiger charge is -2.26. The Labute approximate surface area is 124 Å². The van der Waals surface area contributed by atoms with Gasteiger partial charge in [-0.3, -0.25) is 4.79 Å². The predicted molar refractivity (Wildman–Crippen MR) is 79.1 cm³/mol. The quantitative estimate of drug-likeness (QED) is 0.874. The van der Waals surface area contributed by atoms with Gasteiger partial charge in [0.15, 0.2) is 0 Å². The Bertz CT molecular complexity index is 464. The number of hydrogen-bond acceptors (Lipinski definition) is 3. The second kappa shape index (κ2) is 7.52. The molecule has 1 fully saturated rings. The lowest BCUT2D eigenvalue weighted by atomic mass is 9.85. The van der Waals surface area contributed by atoms with Crippen LogP contribution in [0.15, 0.2) is 24.3 Å². The molecule has 1 saturated carbocycles. The van der Waals surface area contributed by atoms with Crippen LogP contribution in [0.5, 0.6) is 0 Å². The van der Waals surface area contributed by atoms with Crippen LogP contribution < -0.4 is 11.1 Å². The van der Waals surface area contributed by atoms with Gasteiger partial charge in [0.25, 0.3) is 0 Å². The normalized spacial score (nSPS) is 23.6. The number of ether oxygens (including phenoxy) is 1. The number of rotatable bonds is 5. The average molecular weight is 294 g/mol. The number of halogens is 1. The Hall–Kier alpha value is -1.46. The van der Waals surface area contributed by atoms with Gasteiger partial charge >= 0.3 is 0 Å². The van der Waals surface area contributed by atoms with E-state index in [2.05, 4.69) is 5.32 Å². The highest BCUT2D eigenvalue weighted by molar-refractivity contribution is 5.78. The zero-order valence-electron chi connectivity index (χ0n) is 12.3. The second-order valence-electron chi connectivity index (χ2n) is 5.64. The molecular formula is C16H23FN2O2. The molecule has 116 valence electrons. The Morgan fingerprint density at radius 1 is 1.43 bits per heavy atom. The number of carbonyl (C=O) groups is 1. The molecule has 1 aliphatic rings. The van der Waals surface area contributed by atoms with Crippen LogP contribution in [0.25, 0.3) is 0 Å². The largest absolute Gasteiger partial charge is 0.375 e. The maximum Gasteiger partial charge on any atom is 0.223 e. The van der Waals surface area contributed by atoms with Gasteiger partial charge in [-0.1, -0.05) is 18.6 Å². The fourth-order valence-corrected chi connectivity index (χ4v) is 2.82. The molecule has 3 unspecified atom stereocenters. The first-order valence-corrected chi connectivity index (χ1v) is 7.41. The maximum atomic E-state index is 12.9. The fraction of sp³-hybridized carbons (Fsp3) is 0.562. The molecule has 1 amide bonds. The number of nitrogens with one attached hydrogen (secondary N) is 1. The third kappa shape index (κ3) is 4.51. The maximum absolute atomic E-state index is 12.9. The summed E-state index contributed by atoms with van der Waals surface area (Å²) >= 11 is 0. The zero-order chi connectivity index (χ0) is 15.2. The Kier molecular flexibility index (Phi) is 5.70. The van der Waals surface area contributed by atoms with Gasteiger partial charge in [-0.05, 0) is 37.0 Å². The molecule has 0 saturated heterocycles. The van der Waals surface area contributed by atoms with Gasteiger partial charge in [-0.25, -0.2) is 4.39 Å². The minimum absolute atomic E-state index is 0.000487. The van der Waals surface area contributed by atoms with Crippen LogP contribution in [-0.2, 0) is 9.53 Å². The molecule has 0 radical (unpaired) electrons. The molecule has 0 aliphatic heterocycles. The summed E-state index contributed by atoms with van der Waals surface area (Å²) in [7, 11) is 1.58. The summed E-state index contributed by atoms with van der Waals surface area (Å²) in [6, 6.07) is 6.26. The van der Waals surface area contributed by atoms with Crippen molar-refractivity contribution in [3.05, 3.63) is 35.6 Å². The van der Waals surface area contributed by atoms with Crippen LogP contribution in [-0.4, -0.2) is 25.6 Å². The molecule has 3 atom stereocenters. The van der Waals surface area contributed by atoms with Crippen molar-refractivity contribution >= 4 is 5.91 Å². The summed E-state index contributed by atoms with van der Waals surface area (Å²) in [5.74, 6) is -0.248. The Morgan fingerprint density at radius 3 is 2.76 bits per heavy atom. The van der Waals surface area contributed by atoms with Crippen molar-refractivity contribution in [2.75, 3.05) is 13.7 Å². The van der Waals surface area contributed by atoms with E-state index in [0.29, 0.717) is 6.54 Å². The first-order chi connectivity index (χ1) is 10.1. The zero-order valence-corrected chi connectivity index (χ0v) is 12.3. The smallest absolute Gasteiger partial charge is 0.223 e. The molecule has 4 nitrogen and oxygen atoms in total. The van der Waals surface area contributed by atoms with E-state index in [4.69, 9.17) is 10.5 Å². The van der Waals surface area contributed by atoms with Crippen LogP contribution in [0, 0.1) is 11.7 Å². The van der Waals surface area contributed by atoms with Gasteiger partial charge < -0.3 is 15.8 Å². The van der Waals surface area contributed by atoms with Crippen LogP contribution in [0.3, 0.4) is 0 Å². The van der Waals surface area contributed by atoms with E-state index in [1.807, 2.05) is 0 Å². The number of methoxy groups -OCH3 is 1. The van der Waals surface area contributed by atoms with Gasteiger partial charge in [-0.2, -0.15) is 0 Å². The van der Waals surface area contributed by atoms with Crippen molar-refractivity contribution in [2.24, 2.45) is 11.7 Å². The SMILES string of the molecule is COC(CNC(=O)C1CCCC(N)C1)c1ccc(F)cc1. The van der Waals surface area contributed by atoms with Gasteiger partial charge in [0, 0.05) is 25.6 Å². The van der Waals surface area contributed by atoms with Crippen molar-refractivity contribution in [2.45, 2.75) is 37.8 Å². The molecule has 21 heavy (non-hydrogen) atoms. The van der Waals surface area contributed by atoms with E-state index >= 15 is 0 Å². The van der Waals surface area contributed by atoms with Crippen LogP contribution in [0.1, 0.15) is 37.4 Å². The first kappa shape index (κ1) is 15.9. The molecule has 0 bridgehead atoms. The van der Waals surface area contributed by atoms with E-state index in [0.717, 1.165) is 31.2 Å². The van der Waals surface area contributed by atoms with Crippen LogP contribution in [0.4, 0.5) is 4.39 Å². The summed E-state index contributed by atoms with van der Waals surface area (Å²) in [5, 5.41) is 2.92. The molecule has 0 heterocycles. The topological polar surface area (TPSA) is 64.3 Å². The molecule has 1 aromatic carbocycles. The lowest BCUT2D eigenvalue weighted by molar-refractivity contribution is -0.126. The van der Waals surface area contributed by atoms with E-state index in [1.165, 1.54) is 12.1 Å². The number of nitrogens with two attached hydrogens (primary N) is 1. The number of benzene rings is 1. The minimum atomic E-state index is -0.283. The molecule has 1 aromatic rings. The highest BCUT2D eigenvalue weighted by Gasteiger charge is 2.25. The first-order valence-electron chi connectivity index (χ1n) is 7.41. The van der Waals surface area contributed by atoms with Gasteiger partial charge in [0.05, 0.1) is 6.10 Å². The Morgan fingerprint density at radius 2 is 2.14 bits per heavy atom. The van der Waals surface area contributed by atoms with Crippen molar-refractivity contribution in [3.8, 4) is 0 Å². The van der Waals surface area contributed by atoms with Crippen molar-refractivity contribution < 1.29 is 13.9 Å². The Balaban J connectivity index is 1.87. The summed E-state index contributed by atoms with van der Waals surface area (Å²) in [6.07, 6.45) is 3.38. The van der Waals surface area contributed by atoms with Gasteiger partial charge in [-0.15, -0.1) is 0 Å². The van der Waals surface area contributed by atoms with Gasteiger partial charge in [0.2, 0.25) is 5.91 Å². The average Bonchev–Trinajstić information content (AvgIpc) is 2.49. The number of hydrogen-bond donors (Lipinski definition) is 2. The summed E-state index contributed by atoms with van der Waals surface area (Å²) < 4.78 is 18.3. The highest BCUT2D eigenvalue weighted by atomic mass is 19.1. The standard InChI is InChI=1S/C16H23FN2O2/c1-21-15(11-5-7-13(17)8-6-11)10-19-16(20)12-3-2-4-14(18)9-12/h5-8,12,14-15H,2-4,9-10,18H2,1H3,(H,19,20). The van der Waals surface area contributed by atoms with Crippen molar-refractivity contribution in [1.82, 2.24) is 5.32 Å². The molecule has 2 rings (SSSR count). The molecule has 0 aromatic heterocycles. The van der Waals surface area contributed by atoms with E-state index < -0.39 is 0 Å².